The molecular formula is C22H34O3. The van der Waals surface area contributed by atoms with Gasteiger partial charge in [-0.15, -0.1) is 0 Å². The monoisotopic (exact) mass is 346 g/mol. The molecule has 0 amide bonds. The van der Waals surface area contributed by atoms with Crippen LogP contribution in [-0.4, -0.2) is 17.9 Å². The van der Waals surface area contributed by atoms with Crippen molar-refractivity contribution in [1.82, 2.24) is 0 Å². The van der Waals surface area contributed by atoms with Gasteiger partial charge in [0, 0.05) is 24.7 Å². The average Bonchev–Trinajstić information content (AvgIpc) is 2.97. The Morgan fingerprint density at radius 1 is 1.08 bits per heavy atom. The van der Waals surface area contributed by atoms with Crippen LogP contribution in [0.15, 0.2) is 0 Å². The number of hydrogen-bond acceptors (Lipinski definition) is 3. The van der Waals surface area contributed by atoms with E-state index in [-0.39, 0.29) is 17.5 Å². The second-order valence-electron chi connectivity index (χ2n) is 9.88. The fourth-order valence-corrected chi connectivity index (χ4v) is 7.48. The molecule has 4 saturated carbocycles. The molecule has 0 spiro atoms. The number of Topliss-reactive ketones (excluding diaryl/α,β-unsaturated/α-hetero) is 1. The summed E-state index contributed by atoms with van der Waals surface area (Å²) in [5.74, 6) is 2.84. The number of ether oxygens (including phenoxy) is 1. The first kappa shape index (κ1) is 17.5. The number of hydrogen-bond donors (Lipinski definition) is 0. The fourth-order valence-electron chi connectivity index (χ4n) is 7.48. The molecule has 4 aliphatic rings. The van der Waals surface area contributed by atoms with Gasteiger partial charge in [-0.1, -0.05) is 27.2 Å². The highest BCUT2D eigenvalue weighted by molar-refractivity contribution is 5.81. The molecule has 0 aromatic heterocycles. The zero-order valence-corrected chi connectivity index (χ0v) is 16.2. The van der Waals surface area contributed by atoms with E-state index < -0.39 is 0 Å². The van der Waals surface area contributed by atoms with Crippen molar-refractivity contribution in [2.24, 2.45) is 34.5 Å². The first-order chi connectivity index (χ1) is 11.9. The zero-order chi connectivity index (χ0) is 17.8. The van der Waals surface area contributed by atoms with Crippen LogP contribution >= 0.6 is 0 Å². The third-order valence-corrected chi connectivity index (χ3v) is 8.89. The number of ketones is 1. The van der Waals surface area contributed by atoms with Gasteiger partial charge in [0.25, 0.3) is 0 Å². The minimum atomic E-state index is -0.190. The second-order valence-corrected chi connectivity index (χ2v) is 9.88. The topological polar surface area (TPSA) is 43.4 Å². The molecule has 0 N–H and O–H groups in total. The van der Waals surface area contributed by atoms with Gasteiger partial charge < -0.3 is 4.74 Å². The van der Waals surface area contributed by atoms with Gasteiger partial charge in [-0.2, -0.15) is 0 Å². The summed E-state index contributed by atoms with van der Waals surface area (Å²) in [4.78, 5) is 24.4. The Bertz CT molecular complexity index is 570. The summed E-state index contributed by atoms with van der Waals surface area (Å²) in [7, 11) is 0. The number of rotatable bonds is 2. The van der Waals surface area contributed by atoms with Gasteiger partial charge in [-0.25, -0.2) is 0 Å². The molecule has 140 valence electrons. The van der Waals surface area contributed by atoms with Gasteiger partial charge in [0.15, 0.2) is 0 Å². The molecule has 25 heavy (non-hydrogen) atoms. The van der Waals surface area contributed by atoms with E-state index in [4.69, 9.17) is 4.74 Å². The average molecular weight is 347 g/mol. The van der Waals surface area contributed by atoms with Crippen molar-refractivity contribution < 1.29 is 14.3 Å². The molecule has 7 atom stereocenters. The Morgan fingerprint density at radius 2 is 1.88 bits per heavy atom. The Morgan fingerprint density at radius 3 is 2.64 bits per heavy atom. The van der Waals surface area contributed by atoms with Crippen LogP contribution in [0.4, 0.5) is 0 Å². The zero-order valence-electron chi connectivity index (χ0n) is 16.2. The Hall–Kier alpha value is -0.860. The van der Waals surface area contributed by atoms with Crippen LogP contribution in [0.5, 0.6) is 0 Å². The van der Waals surface area contributed by atoms with Gasteiger partial charge in [-0.3, -0.25) is 9.59 Å². The van der Waals surface area contributed by atoms with Gasteiger partial charge >= 0.3 is 5.97 Å². The Kier molecular flexibility index (Phi) is 4.28. The van der Waals surface area contributed by atoms with E-state index in [2.05, 4.69) is 13.8 Å². The summed E-state index contributed by atoms with van der Waals surface area (Å²) in [6.45, 7) is 6.74. The maximum absolute atomic E-state index is 12.3. The molecule has 0 aromatic rings. The van der Waals surface area contributed by atoms with Crippen LogP contribution < -0.4 is 0 Å². The molecule has 0 bridgehead atoms. The van der Waals surface area contributed by atoms with Crippen molar-refractivity contribution in [2.75, 3.05) is 0 Å². The smallest absolute Gasteiger partial charge is 0.305 e. The number of fused-ring (bicyclic) bond motifs is 5. The summed E-state index contributed by atoms with van der Waals surface area (Å²) in [6, 6.07) is 0. The van der Waals surface area contributed by atoms with Crippen LogP contribution in [-0.2, 0) is 14.3 Å². The Labute approximate surface area is 152 Å². The highest BCUT2D eigenvalue weighted by Crippen LogP contribution is 2.66. The molecular weight excluding hydrogens is 312 g/mol. The number of carbonyl (C=O) groups is 2. The van der Waals surface area contributed by atoms with Gasteiger partial charge in [0.2, 0.25) is 0 Å². The fraction of sp³-hybridized carbons (Fsp3) is 0.909. The molecule has 4 rings (SSSR count). The second kappa shape index (κ2) is 6.09. The molecule has 0 heterocycles. The molecule has 3 heteroatoms. The summed E-state index contributed by atoms with van der Waals surface area (Å²) in [5, 5.41) is 0. The van der Waals surface area contributed by atoms with Crippen molar-refractivity contribution in [3.05, 3.63) is 0 Å². The predicted molar refractivity (Wildman–Crippen MR) is 96.9 cm³/mol. The van der Waals surface area contributed by atoms with Crippen LogP contribution in [0.25, 0.3) is 0 Å². The molecule has 0 aliphatic heterocycles. The normalized spacial score (nSPS) is 49.1. The summed E-state index contributed by atoms with van der Waals surface area (Å²) < 4.78 is 5.91. The molecule has 0 aromatic carbocycles. The van der Waals surface area contributed by atoms with Crippen LogP contribution in [0.3, 0.4) is 0 Å². The maximum Gasteiger partial charge on any atom is 0.305 e. The summed E-state index contributed by atoms with van der Waals surface area (Å²) in [6.07, 6.45) is 10.6. The largest absolute Gasteiger partial charge is 0.461 e. The molecule has 0 radical (unpaired) electrons. The SMILES string of the molecule is CCC(=O)OC1CC(=O)CC2CC[C@@H]3[C@@H](CC[C@]4(C)CCC[C@@H]34)[C@]21C. The van der Waals surface area contributed by atoms with Crippen molar-refractivity contribution in [1.29, 1.82) is 0 Å². The standard InChI is InChI=1S/C22H34O3/c1-4-20(24)25-19-13-15(23)12-14-7-8-16-17-6-5-10-21(17,2)11-9-18(16)22(14,19)3/h14,16-19H,4-13H2,1-3H3/t14?,16-,17-,18+,19?,21-,22-/m0/s1. The molecule has 4 fully saturated rings. The van der Waals surface area contributed by atoms with E-state index >= 15 is 0 Å². The molecule has 3 nitrogen and oxygen atoms in total. The van der Waals surface area contributed by atoms with Gasteiger partial charge in [-0.05, 0) is 67.6 Å². The van der Waals surface area contributed by atoms with Crippen molar-refractivity contribution in [3.63, 3.8) is 0 Å². The summed E-state index contributed by atoms with van der Waals surface area (Å²) in [5.41, 5.74) is 0.552. The number of esters is 1. The van der Waals surface area contributed by atoms with Crippen molar-refractivity contribution >= 4 is 11.8 Å². The van der Waals surface area contributed by atoms with E-state index in [0.29, 0.717) is 42.3 Å². The van der Waals surface area contributed by atoms with E-state index in [1.165, 1.54) is 38.5 Å². The molecule has 2 unspecified atom stereocenters. The minimum Gasteiger partial charge on any atom is -0.461 e. The van der Waals surface area contributed by atoms with Crippen molar-refractivity contribution in [3.8, 4) is 0 Å². The number of carbonyl (C=O) groups excluding carboxylic acids is 2. The highest BCUT2D eigenvalue weighted by Gasteiger charge is 2.61. The van der Waals surface area contributed by atoms with E-state index in [1.807, 2.05) is 6.92 Å². The maximum atomic E-state index is 12.3. The Balaban J connectivity index is 1.66. The van der Waals surface area contributed by atoms with Gasteiger partial charge in [0.1, 0.15) is 11.9 Å². The minimum absolute atomic E-state index is 0.00553. The predicted octanol–water partition coefficient (Wildman–Crippen LogP) is 4.92. The van der Waals surface area contributed by atoms with Crippen LogP contribution in [0.2, 0.25) is 0 Å². The molecule has 4 aliphatic carbocycles. The summed E-state index contributed by atoms with van der Waals surface area (Å²) >= 11 is 0. The van der Waals surface area contributed by atoms with E-state index in [0.717, 1.165) is 18.3 Å². The van der Waals surface area contributed by atoms with Crippen LogP contribution in [0.1, 0.15) is 85.0 Å². The van der Waals surface area contributed by atoms with Crippen molar-refractivity contribution in [2.45, 2.75) is 91.1 Å². The molecule has 0 saturated heterocycles. The first-order valence-corrected chi connectivity index (χ1v) is 10.6. The third-order valence-electron chi connectivity index (χ3n) is 8.89. The van der Waals surface area contributed by atoms with Gasteiger partial charge in [0.05, 0.1) is 0 Å². The third kappa shape index (κ3) is 2.59. The highest BCUT2D eigenvalue weighted by atomic mass is 16.5. The lowest BCUT2D eigenvalue weighted by atomic mass is 9.44. The lowest BCUT2D eigenvalue weighted by Crippen LogP contribution is -2.59. The van der Waals surface area contributed by atoms with E-state index in [9.17, 15) is 9.59 Å². The first-order valence-electron chi connectivity index (χ1n) is 10.6. The lowest BCUT2D eigenvalue weighted by molar-refractivity contribution is -0.190. The van der Waals surface area contributed by atoms with E-state index in [1.54, 1.807) is 0 Å². The quantitative estimate of drug-likeness (QED) is 0.667. The van der Waals surface area contributed by atoms with Crippen LogP contribution in [0, 0.1) is 34.5 Å². The lowest BCUT2D eigenvalue weighted by Gasteiger charge is -2.61.